The number of ether oxygens (including phenoxy) is 2. The number of anilines is 1. The lowest BCUT2D eigenvalue weighted by molar-refractivity contribution is 0.370. The van der Waals surface area contributed by atoms with Crippen LogP contribution in [0, 0.1) is 0 Å². The first-order valence-electron chi connectivity index (χ1n) is 8.85. The molecule has 0 N–H and O–H groups in total. The monoisotopic (exact) mass is 419 g/mol. The number of hydrogen-bond acceptors (Lipinski definition) is 7. The Balaban J connectivity index is 1.54. The Morgan fingerprint density at radius 1 is 1.00 bits per heavy atom. The average Bonchev–Trinajstić information content (AvgIpc) is 3.17. The van der Waals surface area contributed by atoms with E-state index in [-0.39, 0.29) is 4.90 Å². The number of piperazine rings is 1. The van der Waals surface area contributed by atoms with Gasteiger partial charge in [-0.15, -0.1) is 0 Å². The van der Waals surface area contributed by atoms with Crippen LogP contribution in [0.15, 0.2) is 47.4 Å². The van der Waals surface area contributed by atoms with Gasteiger partial charge in [0.05, 0.1) is 24.4 Å². The number of fused-ring (bicyclic) bond motifs is 1. The number of para-hydroxylation sites is 1. The van der Waals surface area contributed by atoms with Crippen molar-refractivity contribution in [3.63, 3.8) is 0 Å². The number of rotatable bonds is 5. The molecule has 28 heavy (non-hydrogen) atoms. The zero-order valence-electron chi connectivity index (χ0n) is 15.7. The van der Waals surface area contributed by atoms with Gasteiger partial charge < -0.3 is 14.4 Å². The van der Waals surface area contributed by atoms with Crippen molar-refractivity contribution in [1.29, 1.82) is 0 Å². The minimum atomic E-state index is -3.68. The predicted molar refractivity (Wildman–Crippen MR) is 110 cm³/mol. The molecule has 0 radical (unpaired) electrons. The molecule has 0 aliphatic carbocycles. The Morgan fingerprint density at radius 2 is 1.75 bits per heavy atom. The summed E-state index contributed by atoms with van der Waals surface area (Å²) in [4.78, 5) is 6.94. The lowest BCUT2D eigenvalue weighted by Crippen LogP contribution is -2.48. The molecule has 2 aromatic carbocycles. The fourth-order valence-corrected chi connectivity index (χ4v) is 5.85. The van der Waals surface area contributed by atoms with Crippen LogP contribution >= 0.6 is 11.3 Å². The summed E-state index contributed by atoms with van der Waals surface area (Å²) in [5.41, 5.74) is 0.971. The molecule has 3 aromatic rings. The van der Waals surface area contributed by atoms with E-state index in [4.69, 9.17) is 9.47 Å². The molecule has 1 fully saturated rings. The molecule has 9 heteroatoms. The number of methoxy groups -OCH3 is 2. The largest absolute Gasteiger partial charge is 0.497 e. The van der Waals surface area contributed by atoms with Crippen molar-refractivity contribution in [2.75, 3.05) is 45.3 Å². The van der Waals surface area contributed by atoms with Gasteiger partial charge in [0, 0.05) is 32.2 Å². The van der Waals surface area contributed by atoms with Gasteiger partial charge in [-0.05, 0) is 24.3 Å². The maximum atomic E-state index is 13.2. The molecule has 7 nitrogen and oxygen atoms in total. The lowest BCUT2D eigenvalue weighted by atomic mass is 10.3. The van der Waals surface area contributed by atoms with Gasteiger partial charge >= 0.3 is 0 Å². The van der Waals surface area contributed by atoms with E-state index >= 15 is 0 Å². The highest BCUT2D eigenvalue weighted by Gasteiger charge is 2.32. The Hall–Kier alpha value is -2.36. The van der Waals surface area contributed by atoms with Gasteiger partial charge in [0.1, 0.15) is 16.4 Å². The van der Waals surface area contributed by atoms with Crippen LogP contribution in [0.4, 0.5) is 5.13 Å². The van der Waals surface area contributed by atoms with E-state index in [1.54, 1.807) is 23.5 Å². The van der Waals surface area contributed by atoms with E-state index in [2.05, 4.69) is 9.88 Å². The molecule has 0 spiro atoms. The average molecular weight is 420 g/mol. The number of aromatic nitrogens is 1. The molecule has 0 bridgehead atoms. The van der Waals surface area contributed by atoms with Gasteiger partial charge in [-0.3, -0.25) is 0 Å². The number of nitrogens with zero attached hydrogens (tertiary/aromatic N) is 3. The van der Waals surface area contributed by atoms with Crippen LogP contribution in [0.2, 0.25) is 0 Å². The summed E-state index contributed by atoms with van der Waals surface area (Å²) in [5, 5.41) is 0.928. The molecule has 4 rings (SSSR count). The summed E-state index contributed by atoms with van der Waals surface area (Å²) in [5.74, 6) is 0.793. The molecular weight excluding hydrogens is 398 g/mol. The lowest BCUT2D eigenvalue weighted by Gasteiger charge is -2.34. The van der Waals surface area contributed by atoms with Crippen LogP contribution in [-0.4, -0.2) is 58.1 Å². The summed E-state index contributed by atoms with van der Waals surface area (Å²) in [6.07, 6.45) is 0. The molecule has 1 saturated heterocycles. The second-order valence-corrected chi connectivity index (χ2v) is 9.29. The van der Waals surface area contributed by atoms with Crippen LogP contribution in [0.3, 0.4) is 0 Å². The van der Waals surface area contributed by atoms with Crippen LogP contribution < -0.4 is 14.4 Å². The minimum Gasteiger partial charge on any atom is -0.497 e. The molecule has 0 amide bonds. The van der Waals surface area contributed by atoms with Crippen molar-refractivity contribution in [3.05, 3.63) is 42.5 Å². The van der Waals surface area contributed by atoms with Crippen LogP contribution in [-0.2, 0) is 10.0 Å². The van der Waals surface area contributed by atoms with E-state index in [0.29, 0.717) is 37.7 Å². The third-order valence-corrected chi connectivity index (χ3v) is 7.80. The van der Waals surface area contributed by atoms with Crippen LogP contribution in [0.1, 0.15) is 0 Å². The minimum absolute atomic E-state index is 0.128. The quantitative estimate of drug-likeness (QED) is 0.633. The first-order chi connectivity index (χ1) is 13.5. The summed E-state index contributed by atoms with van der Waals surface area (Å²) in [6.45, 7) is 1.95. The second-order valence-electron chi connectivity index (χ2n) is 6.37. The molecule has 0 unspecified atom stereocenters. The Bertz CT molecular complexity index is 1060. The van der Waals surface area contributed by atoms with Crippen molar-refractivity contribution in [2.45, 2.75) is 4.90 Å². The maximum absolute atomic E-state index is 13.2. The van der Waals surface area contributed by atoms with E-state index in [9.17, 15) is 8.42 Å². The topological polar surface area (TPSA) is 72.0 Å². The van der Waals surface area contributed by atoms with Crippen molar-refractivity contribution >= 4 is 36.7 Å². The van der Waals surface area contributed by atoms with Crippen molar-refractivity contribution < 1.29 is 17.9 Å². The van der Waals surface area contributed by atoms with Crippen LogP contribution in [0.25, 0.3) is 10.2 Å². The van der Waals surface area contributed by atoms with E-state index in [1.807, 2.05) is 24.3 Å². The standard InChI is InChI=1S/C19H21N3O4S2/c1-25-14-7-8-16(26-2)18(13-14)28(23,24)22-11-9-21(10-12-22)19-20-15-5-3-4-6-17(15)27-19/h3-8,13H,9-12H2,1-2H3. The Kier molecular flexibility index (Phi) is 5.13. The number of sulfonamides is 1. The first-order valence-corrected chi connectivity index (χ1v) is 11.1. The first kappa shape index (κ1) is 19.0. The van der Waals surface area contributed by atoms with E-state index in [0.717, 1.165) is 15.3 Å². The predicted octanol–water partition coefficient (Wildman–Crippen LogP) is 2.82. The summed E-state index contributed by atoms with van der Waals surface area (Å²) >= 11 is 1.63. The maximum Gasteiger partial charge on any atom is 0.247 e. The fraction of sp³-hybridized carbons (Fsp3) is 0.316. The highest BCUT2D eigenvalue weighted by atomic mass is 32.2. The second kappa shape index (κ2) is 7.57. The molecule has 0 saturated carbocycles. The molecule has 0 atom stereocenters. The normalized spacial score (nSPS) is 15.7. The van der Waals surface area contributed by atoms with Gasteiger partial charge in [-0.25, -0.2) is 13.4 Å². The van der Waals surface area contributed by atoms with Crippen molar-refractivity contribution in [1.82, 2.24) is 9.29 Å². The Morgan fingerprint density at radius 3 is 2.43 bits per heavy atom. The van der Waals surface area contributed by atoms with E-state index < -0.39 is 10.0 Å². The molecule has 1 aromatic heterocycles. The zero-order valence-corrected chi connectivity index (χ0v) is 17.3. The van der Waals surface area contributed by atoms with Gasteiger partial charge in [0.15, 0.2) is 5.13 Å². The van der Waals surface area contributed by atoms with Gasteiger partial charge in [0.2, 0.25) is 10.0 Å². The summed E-state index contributed by atoms with van der Waals surface area (Å²) in [7, 11) is -0.710. The van der Waals surface area contributed by atoms with Gasteiger partial charge in [-0.1, -0.05) is 23.5 Å². The highest BCUT2D eigenvalue weighted by Crippen LogP contribution is 2.33. The molecule has 148 valence electrons. The molecule has 2 heterocycles. The SMILES string of the molecule is COc1ccc(OC)c(S(=O)(=O)N2CCN(c3nc4ccccc4s3)CC2)c1. The van der Waals surface area contributed by atoms with Crippen LogP contribution in [0.5, 0.6) is 11.5 Å². The summed E-state index contributed by atoms with van der Waals surface area (Å²) in [6, 6.07) is 12.8. The highest BCUT2D eigenvalue weighted by molar-refractivity contribution is 7.89. The number of benzene rings is 2. The third-order valence-electron chi connectivity index (χ3n) is 4.78. The molecule has 1 aliphatic rings. The Labute approximate surface area is 168 Å². The van der Waals surface area contributed by atoms with E-state index in [1.165, 1.54) is 24.6 Å². The van der Waals surface area contributed by atoms with Crippen molar-refractivity contribution in [2.24, 2.45) is 0 Å². The number of thiazole rings is 1. The van der Waals surface area contributed by atoms with Gasteiger partial charge in [0.25, 0.3) is 0 Å². The molecular formula is C19H21N3O4S2. The zero-order chi connectivity index (χ0) is 19.7. The van der Waals surface area contributed by atoms with Gasteiger partial charge in [-0.2, -0.15) is 4.31 Å². The number of hydrogen-bond donors (Lipinski definition) is 0. The smallest absolute Gasteiger partial charge is 0.247 e. The molecule has 1 aliphatic heterocycles. The van der Waals surface area contributed by atoms with Crippen molar-refractivity contribution in [3.8, 4) is 11.5 Å². The summed E-state index contributed by atoms with van der Waals surface area (Å²) < 4.78 is 39.4. The third kappa shape index (κ3) is 3.41. The fourth-order valence-electron chi connectivity index (χ4n) is 3.24.